The van der Waals surface area contributed by atoms with Gasteiger partial charge in [0.05, 0.1) is 0 Å². The number of pyridine rings is 1. The molecule has 2 aromatic rings. The SMILES string of the molecule is Cc1ccc(C(C)C)c(OC(C)C(=O)N2CCN(c3ccccn3)CC2)c1. The van der Waals surface area contributed by atoms with Crippen molar-refractivity contribution in [2.24, 2.45) is 0 Å². The van der Waals surface area contributed by atoms with Gasteiger partial charge in [0.15, 0.2) is 6.10 Å². The summed E-state index contributed by atoms with van der Waals surface area (Å²) in [5, 5.41) is 0. The largest absolute Gasteiger partial charge is 0.481 e. The highest BCUT2D eigenvalue weighted by Gasteiger charge is 2.27. The number of hydrogen-bond acceptors (Lipinski definition) is 4. The topological polar surface area (TPSA) is 45.7 Å². The van der Waals surface area contributed by atoms with Crippen LogP contribution in [-0.4, -0.2) is 48.1 Å². The number of nitrogens with zero attached hydrogens (tertiary/aromatic N) is 3. The molecule has 1 unspecified atom stereocenters. The highest BCUT2D eigenvalue weighted by atomic mass is 16.5. The molecule has 1 saturated heterocycles. The molecular weight excluding hydrogens is 338 g/mol. The van der Waals surface area contributed by atoms with Crippen LogP contribution in [0.3, 0.4) is 0 Å². The van der Waals surface area contributed by atoms with E-state index in [1.165, 1.54) is 0 Å². The Morgan fingerprint density at radius 2 is 1.81 bits per heavy atom. The average molecular weight is 367 g/mol. The monoisotopic (exact) mass is 367 g/mol. The van der Waals surface area contributed by atoms with E-state index in [0.717, 1.165) is 35.8 Å². The fraction of sp³-hybridized carbons (Fsp3) is 0.455. The minimum atomic E-state index is -0.495. The molecule has 0 saturated carbocycles. The second kappa shape index (κ2) is 8.42. The van der Waals surface area contributed by atoms with Crippen LogP contribution >= 0.6 is 0 Å². The average Bonchev–Trinajstić information content (AvgIpc) is 2.68. The third-order valence-corrected chi connectivity index (χ3v) is 5.01. The minimum absolute atomic E-state index is 0.0480. The fourth-order valence-electron chi connectivity index (χ4n) is 3.42. The third kappa shape index (κ3) is 4.59. The molecule has 0 aliphatic carbocycles. The summed E-state index contributed by atoms with van der Waals surface area (Å²) in [6, 6.07) is 12.1. The van der Waals surface area contributed by atoms with Gasteiger partial charge in [-0.05, 0) is 49.1 Å². The van der Waals surface area contributed by atoms with Gasteiger partial charge in [-0.1, -0.05) is 32.0 Å². The molecule has 5 nitrogen and oxygen atoms in total. The molecule has 0 bridgehead atoms. The van der Waals surface area contributed by atoms with E-state index >= 15 is 0 Å². The smallest absolute Gasteiger partial charge is 0.263 e. The quantitative estimate of drug-likeness (QED) is 0.810. The van der Waals surface area contributed by atoms with Crippen molar-refractivity contribution in [3.63, 3.8) is 0 Å². The maximum atomic E-state index is 12.9. The Kier molecular flexibility index (Phi) is 5.99. The summed E-state index contributed by atoms with van der Waals surface area (Å²) in [5.74, 6) is 2.19. The molecule has 2 heterocycles. The number of amides is 1. The van der Waals surface area contributed by atoms with Crippen LogP contribution in [-0.2, 0) is 4.79 Å². The fourth-order valence-corrected chi connectivity index (χ4v) is 3.42. The number of rotatable bonds is 5. The molecule has 0 spiro atoms. The van der Waals surface area contributed by atoms with Crippen molar-refractivity contribution in [1.29, 1.82) is 0 Å². The van der Waals surface area contributed by atoms with Gasteiger partial charge in [0.1, 0.15) is 11.6 Å². The van der Waals surface area contributed by atoms with Crippen LogP contribution in [0.2, 0.25) is 0 Å². The van der Waals surface area contributed by atoms with Crippen molar-refractivity contribution >= 4 is 11.7 Å². The Labute approximate surface area is 162 Å². The van der Waals surface area contributed by atoms with Gasteiger partial charge in [0.25, 0.3) is 5.91 Å². The molecule has 0 N–H and O–H groups in total. The van der Waals surface area contributed by atoms with Crippen LogP contribution < -0.4 is 9.64 Å². The molecule has 3 rings (SSSR count). The Bertz CT molecular complexity index is 768. The number of carbonyl (C=O) groups excluding carboxylic acids is 1. The van der Waals surface area contributed by atoms with E-state index in [1.807, 2.05) is 43.0 Å². The van der Waals surface area contributed by atoms with Crippen molar-refractivity contribution in [1.82, 2.24) is 9.88 Å². The van der Waals surface area contributed by atoms with Crippen molar-refractivity contribution in [2.75, 3.05) is 31.1 Å². The number of anilines is 1. The van der Waals surface area contributed by atoms with E-state index in [-0.39, 0.29) is 5.91 Å². The molecular formula is C22H29N3O2. The summed E-state index contributed by atoms with van der Waals surface area (Å²) >= 11 is 0. The number of benzene rings is 1. The zero-order chi connectivity index (χ0) is 19.4. The molecule has 1 aliphatic heterocycles. The molecule has 27 heavy (non-hydrogen) atoms. The van der Waals surface area contributed by atoms with E-state index in [2.05, 4.69) is 35.9 Å². The van der Waals surface area contributed by atoms with E-state index in [0.29, 0.717) is 19.0 Å². The van der Waals surface area contributed by atoms with Crippen LogP contribution in [0.5, 0.6) is 5.75 Å². The lowest BCUT2D eigenvalue weighted by atomic mass is 10.0. The highest BCUT2D eigenvalue weighted by molar-refractivity contribution is 5.81. The Morgan fingerprint density at radius 1 is 1.07 bits per heavy atom. The van der Waals surface area contributed by atoms with Gasteiger partial charge in [0, 0.05) is 32.4 Å². The molecule has 1 amide bonds. The molecule has 1 aromatic carbocycles. The van der Waals surface area contributed by atoms with Crippen LogP contribution in [0.25, 0.3) is 0 Å². The zero-order valence-electron chi connectivity index (χ0n) is 16.7. The second-order valence-corrected chi connectivity index (χ2v) is 7.46. The molecule has 1 fully saturated rings. The van der Waals surface area contributed by atoms with Crippen molar-refractivity contribution in [3.8, 4) is 5.75 Å². The van der Waals surface area contributed by atoms with Crippen molar-refractivity contribution < 1.29 is 9.53 Å². The summed E-state index contributed by atoms with van der Waals surface area (Å²) in [5.41, 5.74) is 2.28. The summed E-state index contributed by atoms with van der Waals surface area (Å²) < 4.78 is 6.10. The lowest BCUT2D eigenvalue weighted by Gasteiger charge is -2.36. The van der Waals surface area contributed by atoms with Crippen molar-refractivity contribution in [2.45, 2.75) is 39.7 Å². The summed E-state index contributed by atoms with van der Waals surface area (Å²) in [4.78, 5) is 21.4. The van der Waals surface area contributed by atoms with Gasteiger partial charge >= 0.3 is 0 Å². The number of hydrogen-bond donors (Lipinski definition) is 0. The standard InChI is InChI=1S/C22H29N3O2/c1-16(2)19-9-8-17(3)15-20(19)27-18(4)22(26)25-13-11-24(12-14-25)21-7-5-6-10-23-21/h5-10,15-16,18H,11-14H2,1-4H3. The van der Waals surface area contributed by atoms with Gasteiger partial charge in [-0.15, -0.1) is 0 Å². The number of ether oxygens (including phenoxy) is 1. The molecule has 144 valence electrons. The Morgan fingerprint density at radius 3 is 2.44 bits per heavy atom. The van der Waals surface area contributed by atoms with Gasteiger partial charge in [-0.2, -0.15) is 0 Å². The maximum Gasteiger partial charge on any atom is 0.263 e. The van der Waals surface area contributed by atoms with E-state index in [9.17, 15) is 4.79 Å². The predicted molar refractivity (Wildman–Crippen MR) is 108 cm³/mol. The van der Waals surface area contributed by atoms with E-state index < -0.39 is 6.10 Å². The summed E-state index contributed by atoms with van der Waals surface area (Å²) in [6.07, 6.45) is 1.31. The summed E-state index contributed by atoms with van der Waals surface area (Å²) in [7, 11) is 0. The first-order valence-corrected chi connectivity index (χ1v) is 9.67. The van der Waals surface area contributed by atoms with Crippen LogP contribution in [0.1, 0.15) is 37.8 Å². The van der Waals surface area contributed by atoms with E-state index in [4.69, 9.17) is 4.74 Å². The van der Waals surface area contributed by atoms with Crippen LogP contribution in [0.4, 0.5) is 5.82 Å². The number of aryl methyl sites for hydroxylation is 1. The summed E-state index contributed by atoms with van der Waals surface area (Å²) in [6.45, 7) is 11.1. The van der Waals surface area contributed by atoms with Gasteiger partial charge in [-0.3, -0.25) is 4.79 Å². The first-order chi connectivity index (χ1) is 13.0. The van der Waals surface area contributed by atoms with Gasteiger partial charge in [0.2, 0.25) is 0 Å². The second-order valence-electron chi connectivity index (χ2n) is 7.46. The molecule has 5 heteroatoms. The molecule has 1 atom stereocenters. The third-order valence-electron chi connectivity index (χ3n) is 5.01. The first kappa shape index (κ1) is 19.2. The Balaban J connectivity index is 1.61. The lowest BCUT2D eigenvalue weighted by molar-refractivity contribution is -0.138. The van der Waals surface area contributed by atoms with E-state index in [1.54, 1.807) is 6.20 Å². The number of carbonyl (C=O) groups is 1. The first-order valence-electron chi connectivity index (χ1n) is 9.67. The highest BCUT2D eigenvalue weighted by Crippen LogP contribution is 2.28. The Hall–Kier alpha value is -2.56. The van der Waals surface area contributed by atoms with Crippen LogP contribution in [0, 0.1) is 6.92 Å². The number of piperazine rings is 1. The normalized spacial score (nSPS) is 15.7. The zero-order valence-corrected chi connectivity index (χ0v) is 16.7. The number of aromatic nitrogens is 1. The minimum Gasteiger partial charge on any atom is -0.481 e. The maximum absolute atomic E-state index is 12.9. The van der Waals surface area contributed by atoms with Gasteiger partial charge < -0.3 is 14.5 Å². The lowest BCUT2D eigenvalue weighted by Crippen LogP contribution is -2.52. The van der Waals surface area contributed by atoms with Crippen molar-refractivity contribution in [3.05, 3.63) is 53.7 Å². The van der Waals surface area contributed by atoms with Crippen LogP contribution in [0.15, 0.2) is 42.6 Å². The molecule has 0 radical (unpaired) electrons. The van der Waals surface area contributed by atoms with Gasteiger partial charge in [-0.25, -0.2) is 4.98 Å². The molecule has 1 aromatic heterocycles. The predicted octanol–water partition coefficient (Wildman–Crippen LogP) is 3.63. The molecule has 1 aliphatic rings.